The Balaban J connectivity index is 1.75. The molecule has 114 valence electrons. The summed E-state index contributed by atoms with van der Waals surface area (Å²) < 4.78 is 0. The molecule has 0 aromatic rings. The van der Waals surface area contributed by atoms with Gasteiger partial charge in [-0.25, -0.2) is 0 Å². The van der Waals surface area contributed by atoms with Crippen molar-refractivity contribution < 1.29 is 4.79 Å². The molecule has 0 aliphatic heterocycles. The molecule has 22 heavy (non-hydrogen) atoms. The zero-order valence-electron chi connectivity index (χ0n) is 13.6. The average Bonchev–Trinajstić information content (AvgIpc) is 2.84. The largest absolute Gasteiger partial charge is 0.295 e. The van der Waals surface area contributed by atoms with Crippen LogP contribution in [0.15, 0.2) is 35.5 Å². The van der Waals surface area contributed by atoms with Gasteiger partial charge in [0.05, 0.1) is 0 Å². The van der Waals surface area contributed by atoms with E-state index in [1.54, 1.807) is 0 Å². The van der Waals surface area contributed by atoms with Crippen LogP contribution in [0.1, 0.15) is 46.0 Å². The number of carbonyl (C=O) groups excluding carboxylic acids is 1. The summed E-state index contributed by atoms with van der Waals surface area (Å²) in [6.07, 6.45) is 19.9. The normalized spacial score (nSPS) is 46.0. The van der Waals surface area contributed by atoms with Crippen LogP contribution in [0.2, 0.25) is 0 Å². The van der Waals surface area contributed by atoms with E-state index in [1.807, 2.05) is 6.08 Å². The van der Waals surface area contributed by atoms with E-state index in [0.717, 1.165) is 12.8 Å². The number of hydrogen-bond donors (Lipinski definition) is 0. The third-order valence-electron chi connectivity index (χ3n) is 7.25. The second-order valence-corrected chi connectivity index (χ2v) is 8.09. The number of rotatable bonds is 0. The van der Waals surface area contributed by atoms with E-state index in [9.17, 15) is 4.79 Å². The standard InChI is InChI=1S/C21H24O/c1-4-14-6-8-18-17-7-5-15-13-16(22)9-11-21(15,3)19(17)10-12-20(14,18)2/h1,5-7,13,17-19H,8-12H2,2-3H3. The summed E-state index contributed by atoms with van der Waals surface area (Å²) >= 11 is 0. The maximum Gasteiger partial charge on any atom is 0.156 e. The molecule has 1 nitrogen and oxygen atoms in total. The Morgan fingerprint density at radius 3 is 2.82 bits per heavy atom. The van der Waals surface area contributed by atoms with Crippen molar-refractivity contribution in [1.82, 2.24) is 0 Å². The van der Waals surface area contributed by atoms with Crippen LogP contribution in [0.25, 0.3) is 0 Å². The highest BCUT2D eigenvalue weighted by molar-refractivity contribution is 5.92. The molecule has 0 bridgehead atoms. The fraction of sp³-hybridized carbons (Fsp3) is 0.571. The molecule has 0 heterocycles. The summed E-state index contributed by atoms with van der Waals surface area (Å²) in [7, 11) is 0. The second kappa shape index (κ2) is 4.48. The lowest BCUT2D eigenvalue weighted by Crippen LogP contribution is -2.48. The van der Waals surface area contributed by atoms with E-state index in [4.69, 9.17) is 6.42 Å². The van der Waals surface area contributed by atoms with Crippen LogP contribution in [0.4, 0.5) is 0 Å². The fourth-order valence-electron chi connectivity index (χ4n) is 5.79. The topological polar surface area (TPSA) is 17.1 Å². The first-order valence-corrected chi connectivity index (χ1v) is 8.59. The number of fused-ring (bicyclic) bond motifs is 5. The maximum absolute atomic E-state index is 11.8. The van der Waals surface area contributed by atoms with E-state index < -0.39 is 0 Å². The molecular formula is C21H24O. The predicted molar refractivity (Wildman–Crippen MR) is 88.9 cm³/mol. The molecule has 0 saturated heterocycles. The molecule has 0 radical (unpaired) electrons. The molecule has 1 saturated carbocycles. The van der Waals surface area contributed by atoms with Crippen LogP contribution in [0, 0.1) is 40.9 Å². The molecule has 4 aliphatic carbocycles. The highest BCUT2D eigenvalue weighted by Gasteiger charge is 2.55. The van der Waals surface area contributed by atoms with E-state index in [-0.39, 0.29) is 10.8 Å². The Morgan fingerprint density at radius 1 is 1.23 bits per heavy atom. The second-order valence-electron chi connectivity index (χ2n) is 8.09. The van der Waals surface area contributed by atoms with Gasteiger partial charge in [-0.05, 0) is 60.5 Å². The molecular weight excluding hydrogens is 268 g/mol. The molecule has 4 aliphatic rings. The highest BCUT2D eigenvalue weighted by Crippen LogP contribution is 2.63. The number of hydrogen-bond acceptors (Lipinski definition) is 1. The van der Waals surface area contributed by atoms with Crippen molar-refractivity contribution in [2.45, 2.75) is 46.0 Å². The fourth-order valence-corrected chi connectivity index (χ4v) is 5.79. The summed E-state index contributed by atoms with van der Waals surface area (Å²) in [5, 5.41) is 0. The number of carbonyl (C=O) groups is 1. The smallest absolute Gasteiger partial charge is 0.156 e. The van der Waals surface area contributed by atoms with Crippen LogP contribution >= 0.6 is 0 Å². The number of terminal acetylenes is 1. The van der Waals surface area contributed by atoms with E-state index in [2.05, 4.69) is 38.0 Å². The average molecular weight is 292 g/mol. The van der Waals surface area contributed by atoms with Crippen molar-refractivity contribution in [2.24, 2.45) is 28.6 Å². The van der Waals surface area contributed by atoms with Crippen molar-refractivity contribution in [1.29, 1.82) is 0 Å². The molecule has 4 rings (SSSR count). The number of ketones is 1. The van der Waals surface area contributed by atoms with Crippen molar-refractivity contribution in [2.75, 3.05) is 0 Å². The molecule has 0 spiro atoms. The lowest BCUT2D eigenvalue weighted by molar-refractivity contribution is -0.116. The van der Waals surface area contributed by atoms with Crippen molar-refractivity contribution in [3.05, 3.63) is 35.5 Å². The Kier molecular flexibility index (Phi) is 2.86. The van der Waals surface area contributed by atoms with E-state index in [0.29, 0.717) is 30.0 Å². The van der Waals surface area contributed by atoms with Gasteiger partial charge < -0.3 is 0 Å². The molecule has 5 atom stereocenters. The Labute approximate surface area is 133 Å². The van der Waals surface area contributed by atoms with Crippen LogP contribution in [0.5, 0.6) is 0 Å². The van der Waals surface area contributed by atoms with Gasteiger partial charge in [-0.15, -0.1) is 6.42 Å². The zero-order valence-corrected chi connectivity index (χ0v) is 13.6. The molecule has 0 aromatic carbocycles. The maximum atomic E-state index is 11.8. The molecule has 5 unspecified atom stereocenters. The lowest BCUT2D eigenvalue weighted by atomic mass is 9.49. The minimum absolute atomic E-state index is 0.188. The van der Waals surface area contributed by atoms with Crippen molar-refractivity contribution >= 4 is 5.78 Å². The Hall–Kier alpha value is -1.55. The quantitative estimate of drug-likeness (QED) is 0.602. The first-order valence-electron chi connectivity index (χ1n) is 8.59. The van der Waals surface area contributed by atoms with Crippen LogP contribution < -0.4 is 0 Å². The summed E-state index contributed by atoms with van der Waals surface area (Å²) in [4.78, 5) is 11.8. The zero-order chi connectivity index (χ0) is 15.5. The molecule has 1 fully saturated rings. The van der Waals surface area contributed by atoms with Gasteiger partial charge in [0, 0.05) is 17.4 Å². The third-order valence-corrected chi connectivity index (χ3v) is 7.25. The lowest BCUT2D eigenvalue weighted by Gasteiger charge is -2.55. The summed E-state index contributed by atoms with van der Waals surface area (Å²) in [6, 6.07) is 0. The first kappa shape index (κ1) is 14.1. The third kappa shape index (κ3) is 1.64. The van der Waals surface area contributed by atoms with E-state index in [1.165, 1.54) is 24.0 Å². The van der Waals surface area contributed by atoms with Gasteiger partial charge in [0.25, 0.3) is 0 Å². The minimum atomic E-state index is 0.188. The van der Waals surface area contributed by atoms with Gasteiger partial charge in [-0.1, -0.05) is 38.0 Å². The highest BCUT2D eigenvalue weighted by atomic mass is 16.1. The summed E-state index contributed by atoms with van der Waals surface area (Å²) in [5.74, 6) is 5.17. The van der Waals surface area contributed by atoms with E-state index >= 15 is 0 Å². The van der Waals surface area contributed by atoms with Gasteiger partial charge in [-0.3, -0.25) is 4.79 Å². The molecule has 0 amide bonds. The Bertz CT molecular complexity index is 671. The molecule has 0 N–H and O–H groups in total. The van der Waals surface area contributed by atoms with Gasteiger partial charge >= 0.3 is 0 Å². The summed E-state index contributed by atoms with van der Waals surface area (Å²) in [5.41, 5.74) is 2.89. The van der Waals surface area contributed by atoms with Crippen LogP contribution in [-0.2, 0) is 4.79 Å². The van der Waals surface area contributed by atoms with Crippen LogP contribution in [-0.4, -0.2) is 5.78 Å². The number of allylic oxidation sites excluding steroid dienone is 6. The minimum Gasteiger partial charge on any atom is -0.295 e. The van der Waals surface area contributed by atoms with Crippen LogP contribution in [0.3, 0.4) is 0 Å². The van der Waals surface area contributed by atoms with Gasteiger partial charge in [-0.2, -0.15) is 0 Å². The van der Waals surface area contributed by atoms with Gasteiger partial charge in [0.15, 0.2) is 5.78 Å². The predicted octanol–water partition coefficient (Wildman–Crippen LogP) is 4.46. The monoisotopic (exact) mass is 292 g/mol. The molecule has 0 aromatic heterocycles. The van der Waals surface area contributed by atoms with Crippen molar-refractivity contribution in [3.8, 4) is 12.3 Å². The summed E-state index contributed by atoms with van der Waals surface area (Å²) in [6.45, 7) is 4.76. The first-order chi connectivity index (χ1) is 10.5. The Morgan fingerprint density at radius 2 is 2.05 bits per heavy atom. The van der Waals surface area contributed by atoms with Gasteiger partial charge in [0.1, 0.15) is 0 Å². The van der Waals surface area contributed by atoms with Gasteiger partial charge in [0.2, 0.25) is 0 Å². The molecule has 1 heteroatoms. The van der Waals surface area contributed by atoms with Crippen molar-refractivity contribution in [3.63, 3.8) is 0 Å². The SMILES string of the molecule is C#CC1=CCC2C3C=CC4=CC(=O)CCC4(C)C3CCC12C.